The third kappa shape index (κ3) is 2.79. The lowest BCUT2D eigenvalue weighted by Crippen LogP contribution is -2.83. The van der Waals surface area contributed by atoms with Crippen molar-refractivity contribution in [2.24, 2.45) is 0 Å². The molecule has 0 bridgehead atoms. The summed E-state index contributed by atoms with van der Waals surface area (Å²) in [6, 6.07) is 5.91. The van der Waals surface area contributed by atoms with Gasteiger partial charge in [-0.3, -0.25) is 14.5 Å². The van der Waals surface area contributed by atoms with Crippen LogP contribution in [0.5, 0.6) is 5.75 Å². The van der Waals surface area contributed by atoms with Crippen molar-refractivity contribution in [2.75, 3.05) is 17.2 Å². The van der Waals surface area contributed by atoms with Crippen LogP contribution in [-0.4, -0.2) is 56.6 Å². The van der Waals surface area contributed by atoms with Crippen molar-refractivity contribution in [2.45, 2.75) is 17.8 Å². The number of benzene rings is 1. The molecular formula is C18H18N3O5S+. The molecule has 0 spiro atoms. The quantitative estimate of drug-likeness (QED) is 0.491. The number of carbonyl (C=O) groups excluding carboxylic acids is 2. The number of thioether (sulfide) groups is 1. The van der Waals surface area contributed by atoms with Gasteiger partial charge in [-0.25, -0.2) is 4.79 Å². The molecule has 0 aromatic heterocycles. The predicted molar refractivity (Wildman–Crippen MR) is 97.6 cm³/mol. The number of carboxylic acid groups (broad SMARTS) is 1. The zero-order valence-electron chi connectivity index (χ0n) is 14.3. The highest BCUT2D eigenvalue weighted by atomic mass is 32.2. The molecule has 3 aliphatic heterocycles. The minimum Gasteiger partial charge on any atom is -0.508 e. The number of phenolic OH excluding ortho intramolecular Hbond substituents is 1. The van der Waals surface area contributed by atoms with Gasteiger partial charge in [0.1, 0.15) is 16.8 Å². The van der Waals surface area contributed by atoms with Crippen LogP contribution in [0.2, 0.25) is 0 Å². The number of carboxylic acids is 1. The van der Waals surface area contributed by atoms with Gasteiger partial charge in [-0.1, -0.05) is 0 Å². The maximum absolute atomic E-state index is 12.7. The topological polar surface area (TPSA) is 126 Å². The molecule has 4 rings (SSSR count). The molecule has 2 saturated heterocycles. The third-order valence-corrected chi connectivity index (χ3v) is 6.30. The van der Waals surface area contributed by atoms with E-state index in [0.29, 0.717) is 35.6 Å². The summed E-state index contributed by atoms with van der Waals surface area (Å²) in [6.07, 6.45) is 2.09. The van der Waals surface area contributed by atoms with Gasteiger partial charge in [0.05, 0.1) is 0 Å². The molecule has 2 unspecified atom stereocenters. The van der Waals surface area contributed by atoms with E-state index in [9.17, 15) is 24.6 Å². The number of nitrogens with zero attached hydrogens (tertiary/aromatic N) is 2. The van der Waals surface area contributed by atoms with Crippen LogP contribution in [0, 0.1) is 0 Å². The number of rotatable bonds is 3. The first kappa shape index (κ1) is 17.6. The lowest BCUT2D eigenvalue weighted by Gasteiger charge is -2.45. The van der Waals surface area contributed by atoms with E-state index >= 15 is 0 Å². The van der Waals surface area contributed by atoms with Crippen LogP contribution in [0.1, 0.15) is 6.42 Å². The molecule has 140 valence electrons. The molecule has 2 atom stereocenters. The Labute approximate surface area is 158 Å². The zero-order chi connectivity index (χ0) is 19.3. The van der Waals surface area contributed by atoms with E-state index in [4.69, 9.17) is 0 Å². The zero-order valence-corrected chi connectivity index (χ0v) is 15.1. The Hall–Kier alpha value is -2.78. The summed E-state index contributed by atoms with van der Waals surface area (Å²) in [5, 5.41) is 18.7. The number of anilines is 1. The molecule has 1 aromatic carbocycles. The van der Waals surface area contributed by atoms with Crippen LogP contribution in [0.4, 0.5) is 5.69 Å². The highest BCUT2D eigenvalue weighted by molar-refractivity contribution is 8.00. The van der Waals surface area contributed by atoms with E-state index in [-0.39, 0.29) is 28.6 Å². The van der Waals surface area contributed by atoms with Gasteiger partial charge < -0.3 is 20.8 Å². The normalized spacial score (nSPS) is 26.5. The lowest BCUT2D eigenvalue weighted by molar-refractivity contribution is -0.423. The maximum atomic E-state index is 12.7. The van der Waals surface area contributed by atoms with Crippen LogP contribution < -0.4 is 10.6 Å². The second-order valence-electron chi connectivity index (χ2n) is 6.59. The first-order valence-electron chi connectivity index (χ1n) is 8.44. The van der Waals surface area contributed by atoms with Crippen molar-refractivity contribution >= 4 is 35.2 Å². The van der Waals surface area contributed by atoms with E-state index in [2.05, 4.69) is 5.73 Å². The van der Waals surface area contributed by atoms with Gasteiger partial charge in [-0.15, -0.1) is 11.8 Å². The summed E-state index contributed by atoms with van der Waals surface area (Å²) in [5.74, 6) is -1.14. The summed E-state index contributed by atoms with van der Waals surface area (Å²) in [4.78, 5) is 39.4. The number of aromatic hydroxyl groups is 1. The summed E-state index contributed by atoms with van der Waals surface area (Å²) >= 11 is 1.46. The Morgan fingerprint density at radius 2 is 1.96 bits per heavy atom. The highest BCUT2D eigenvalue weighted by Gasteiger charge is 2.54. The van der Waals surface area contributed by atoms with Gasteiger partial charge in [-0.2, -0.15) is 0 Å². The number of aliphatic carboxylic acids is 1. The van der Waals surface area contributed by atoms with Crippen molar-refractivity contribution in [3.63, 3.8) is 0 Å². The average molecular weight is 388 g/mol. The Balaban J connectivity index is 1.64. The van der Waals surface area contributed by atoms with Gasteiger partial charge in [0.2, 0.25) is 0 Å². The van der Waals surface area contributed by atoms with Gasteiger partial charge in [0.25, 0.3) is 11.8 Å². The summed E-state index contributed by atoms with van der Waals surface area (Å²) in [7, 11) is 0. The molecule has 1 aromatic rings. The number of allylic oxidation sites excluding steroid dienone is 1. The first-order chi connectivity index (χ1) is 12.9. The Bertz CT molecular complexity index is 908. The molecule has 3 heterocycles. The Kier molecular flexibility index (Phi) is 4.20. The monoisotopic (exact) mass is 388 g/mol. The van der Waals surface area contributed by atoms with Crippen LogP contribution in [-0.2, 0) is 14.4 Å². The van der Waals surface area contributed by atoms with E-state index in [1.54, 1.807) is 23.1 Å². The standard InChI is InChI=1S/C18H17N3O5S/c19-13-16(24)21-14(18(25)26)10(8-27-17(13)21)7-9-5-6-20(15(9)23)11-1-3-12(22)4-2-11/h1-4,7,13,17,22H,5-6,8,19H2,(H,25,26)/p+1. The minimum atomic E-state index is -1.17. The number of phenols is 1. The fraction of sp³-hybridized carbons (Fsp3) is 0.278. The molecule has 0 aliphatic carbocycles. The molecule has 0 radical (unpaired) electrons. The average Bonchev–Trinajstić information content (AvgIpc) is 3.01. The minimum absolute atomic E-state index is 0.0490. The van der Waals surface area contributed by atoms with E-state index in [0.717, 1.165) is 0 Å². The van der Waals surface area contributed by atoms with Gasteiger partial charge in [0.15, 0.2) is 6.04 Å². The number of carbonyl (C=O) groups is 3. The molecule has 0 saturated carbocycles. The molecule has 3 aliphatic rings. The number of β-lactam (4-membered cyclic amide) rings is 1. The second kappa shape index (κ2) is 6.43. The SMILES string of the molecule is [NH3+]C1C(=O)N2C(C(=O)O)=C(C=C3CCN(c4ccc(O)cc4)C3=O)CSC12. The lowest BCUT2D eigenvalue weighted by atomic mass is 10.0. The molecule has 27 heavy (non-hydrogen) atoms. The van der Waals surface area contributed by atoms with Crippen LogP contribution in [0.15, 0.2) is 47.2 Å². The fourth-order valence-corrected chi connectivity index (χ4v) is 4.82. The number of amides is 2. The summed E-state index contributed by atoms with van der Waals surface area (Å²) in [5.41, 5.74) is 5.37. The second-order valence-corrected chi connectivity index (χ2v) is 7.69. The number of hydrogen-bond acceptors (Lipinski definition) is 5. The summed E-state index contributed by atoms with van der Waals surface area (Å²) < 4.78 is 0. The largest absolute Gasteiger partial charge is 0.508 e. The molecule has 2 amide bonds. The van der Waals surface area contributed by atoms with E-state index in [1.165, 1.54) is 28.8 Å². The summed E-state index contributed by atoms with van der Waals surface area (Å²) in [6.45, 7) is 0.477. The molecule has 8 nitrogen and oxygen atoms in total. The number of quaternary nitrogens is 1. The van der Waals surface area contributed by atoms with Gasteiger partial charge in [0, 0.05) is 23.6 Å². The Morgan fingerprint density at radius 1 is 1.26 bits per heavy atom. The van der Waals surface area contributed by atoms with Crippen molar-refractivity contribution in [1.82, 2.24) is 4.90 Å². The molecule has 9 heteroatoms. The molecule has 2 fully saturated rings. The highest BCUT2D eigenvalue weighted by Crippen LogP contribution is 2.40. The van der Waals surface area contributed by atoms with Gasteiger partial charge in [-0.05, 0) is 42.3 Å². The van der Waals surface area contributed by atoms with Crippen molar-refractivity contribution in [3.8, 4) is 5.75 Å². The van der Waals surface area contributed by atoms with Gasteiger partial charge >= 0.3 is 5.97 Å². The predicted octanol–water partition coefficient (Wildman–Crippen LogP) is -0.0804. The van der Waals surface area contributed by atoms with Crippen molar-refractivity contribution < 1.29 is 30.3 Å². The van der Waals surface area contributed by atoms with Crippen molar-refractivity contribution in [3.05, 3.63) is 47.2 Å². The maximum Gasteiger partial charge on any atom is 0.352 e. The fourth-order valence-electron chi connectivity index (χ4n) is 3.54. The van der Waals surface area contributed by atoms with Crippen molar-refractivity contribution in [1.29, 1.82) is 0 Å². The molecular weight excluding hydrogens is 370 g/mol. The smallest absolute Gasteiger partial charge is 0.352 e. The van der Waals surface area contributed by atoms with Crippen LogP contribution >= 0.6 is 11.8 Å². The third-order valence-electron chi connectivity index (χ3n) is 4.95. The number of fused-ring (bicyclic) bond motifs is 1. The van der Waals surface area contributed by atoms with Crippen LogP contribution in [0.25, 0.3) is 0 Å². The molecule has 5 N–H and O–H groups in total. The first-order valence-corrected chi connectivity index (χ1v) is 9.49. The number of hydrogen-bond donors (Lipinski definition) is 3. The van der Waals surface area contributed by atoms with E-state index < -0.39 is 12.0 Å². The van der Waals surface area contributed by atoms with Crippen LogP contribution in [0.3, 0.4) is 0 Å². The Morgan fingerprint density at radius 3 is 2.63 bits per heavy atom. The van der Waals surface area contributed by atoms with E-state index in [1.807, 2.05) is 0 Å².